The van der Waals surface area contributed by atoms with Crippen molar-refractivity contribution in [2.24, 2.45) is 0 Å². The van der Waals surface area contributed by atoms with Crippen LogP contribution >= 0.6 is 0 Å². The molecule has 0 aliphatic rings. The van der Waals surface area contributed by atoms with E-state index in [4.69, 9.17) is 0 Å². The van der Waals surface area contributed by atoms with Crippen LogP contribution in [0.1, 0.15) is 31.7 Å². The zero-order valence-electron chi connectivity index (χ0n) is 12.2. The number of hydrogen-bond donors (Lipinski definition) is 0. The lowest BCUT2D eigenvalue weighted by molar-refractivity contribution is 0.815. The van der Waals surface area contributed by atoms with E-state index >= 15 is 0 Å². The molecule has 1 rings (SSSR count). The Morgan fingerprint density at radius 3 is 2.33 bits per heavy atom. The van der Waals surface area contributed by atoms with E-state index < -0.39 is 8.07 Å². The Hall–Kier alpha value is -1.08. The van der Waals surface area contributed by atoms with E-state index in [2.05, 4.69) is 75.1 Å². The van der Waals surface area contributed by atoms with E-state index in [0.29, 0.717) is 0 Å². The van der Waals surface area contributed by atoms with Crippen LogP contribution in [0.2, 0.25) is 19.6 Å². The maximum absolute atomic E-state index is 2.41. The van der Waals surface area contributed by atoms with Crippen molar-refractivity contribution in [2.75, 3.05) is 0 Å². The van der Waals surface area contributed by atoms with Crippen molar-refractivity contribution < 1.29 is 0 Å². The number of allylic oxidation sites excluding steroid dienone is 3. The van der Waals surface area contributed by atoms with Crippen LogP contribution in [-0.4, -0.2) is 8.07 Å². The van der Waals surface area contributed by atoms with Crippen LogP contribution in [0.5, 0.6) is 0 Å². The third-order valence-corrected chi connectivity index (χ3v) is 5.05. The van der Waals surface area contributed by atoms with Gasteiger partial charge in [0.25, 0.3) is 0 Å². The number of rotatable bonds is 6. The van der Waals surface area contributed by atoms with Gasteiger partial charge >= 0.3 is 0 Å². The van der Waals surface area contributed by atoms with Gasteiger partial charge < -0.3 is 0 Å². The third-order valence-electron chi connectivity index (χ3n) is 3.01. The Morgan fingerprint density at radius 1 is 1.11 bits per heavy atom. The lowest BCUT2D eigenvalue weighted by Crippen LogP contribution is -2.22. The molecule has 0 spiro atoms. The van der Waals surface area contributed by atoms with Gasteiger partial charge in [-0.3, -0.25) is 0 Å². The predicted octanol–water partition coefficient (Wildman–Crippen LogP) is 5.69. The molecule has 98 valence electrons. The second-order valence-electron chi connectivity index (χ2n) is 5.80. The van der Waals surface area contributed by atoms with Crippen molar-refractivity contribution in [1.29, 1.82) is 0 Å². The molecule has 0 unspecified atom stereocenters. The summed E-state index contributed by atoms with van der Waals surface area (Å²) in [4.78, 5) is 0. The first-order chi connectivity index (χ1) is 8.54. The van der Waals surface area contributed by atoms with Crippen LogP contribution in [0.3, 0.4) is 0 Å². The summed E-state index contributed by atoms with van der Waals surface area (Å²) in [5.74, 6) is 0. The van der Waals surface area contributed by atoms with Gasteiger partial charge in [-0.15, -0.1) is 0 Å². The predicted molar refractivity (Wildman–Crippen MR) is 86.4 cm³/mol. The first kappa shape index (κ1) is 15.0. The van der Waals surface area contributed by atoms with E-state index in [1.165, 1.54) is 30.0 Å². The molecule has 0 amide bonds. The number of benzene rings is 1. The molecule has 18 heavy (non-hydrogen) atoms. The fourth-order valence-electron chi connectivity index (χ4n) is 1.78. The molecule has 1 aromatic rings. The first-order valence-electron chi connectivity index (χ1n) is 6.98. The van der Waals surface area contributed by atoms with Gasteiger partial charge in [0.15, 0.2) is 0 Å². The minimum absolute atomic E-state index is 1.20. The van der Waals surface area contributed by atoms with Crippen LogP contribution in [0, 0.1) is 0 Å². The van der Waals surface area contributed by atoms with Gasteiger partial charge in [-0.05, 0) is 12.0 Å². The maximum atomic E-state index is 2.41. The molecule has 1 aromatic carbocycles. The Morgan fingerprint density at radius 2 is 1.78 bits per heavy atom. The normalized spacial score (nSPS) is 13.2. The summed E-state index contributed by atoms with van der Waals surface area (Å²) in [6.07, 6.45) is 10.8. The molecular weight excluding hydrogens is 232 g/mol. The zero-order valence-corrected chi connectivity index (χ0v) is 13.2. The third kappa shape index (κ3) is 5.50. The molecule has 0 radical (unpaired) electrons. The Labute approximate surface area is 113 Å². The van der Waals surface area contributed by atoms with E-state index in [1.807, 2.05) is 0 Å². The van der Waals surface area contributed by atoms with Gasteiger partial charge in [0, 0.05) is 0 Å². The molecule has 0 nitrogen and oxygen atoms in total. The van der Waals surface area contributed by atoms with Gasteiger partial charge in [0.2, 0.25) is 0 Å². The van der Waals surface area contributed by atoms with Crippen LogP contribution in [-0.2, 0) is 0 Å². The Balaban J connectivity index is 2.86. The summed E-state index contributed by atoms with van der Waals surface area (Å²) < 4.78 is 0. The van der Waals surface area contributed by atoms with Gasteiger partial charge in [0.1, 0.15) is 0 Å². The van der Waals surface area contributed by atoms with E-state index in [-0.39, 0.29) is 0 Å². The lowest BCUT2D eigenvalue weighted by atomic mass is 10.2. The van der Waals surface area contributed by atoms with Crippen molar-refractivity contribution in [3.63, 3.8) is 0 Å². The average Bonchev–Trinajstić information content (AvgIpc) is 2.33. The molecule has 0 saturated carbocycles. The van der Waals surface area contributed by atoms with Crippen molar-refractivity contribution in [1.82, 2.24) is 0 Å². The number of unbranched alkanes of at least 4 members (excludes halogenated alkanes) is 2. The zero-order chi connectivity index (χ0) is 13.4. The highest BCUT2D eigenvalue weighted by Crippen LogP contribution is 2.20. The first-order valence-corrected chi connectivity index (χ1v) is 10.5. The summed E-state index contributed by atoms with van der Waals surface area (Å²) >= 11 is 0. The fraction of sp³-hybridized carbons (Fsp3) is 0.412. The highest BCUT2D eigenvalue weighted by Gasteiger charge is 2.16. The van der Waals surface area contributed by atoms with Crippen LogP contribution in [0.4, 0.5) is 0 Å². The quantitative estimate of drug-likeness (QED) is 0.349. The molecule has 0 saturated heterocycles. The molecule has 0 fully saturated rings. The van der Waals surface area contributed by atoms with Crippen LogP contribution < -0.4 is 0 Å². The molecule has 1 heteroatoms. The highest BCUT2D eigenvalue weighted by molar-refractivity contribution is 6.84. The minimum atomic E-state index is -1.26. The monoisotopic (exact) mass is 258 g/mol. The minimum Gasteiger partial charge on any atom is -0.0846 e. The van der Waals surface area contributed by atoms with Gasteiger partial charge in [0.05, 0.1) is 8.07 Å². The molecule has 0 aromatic heterocycles. The van der Waals surface area contributed by atoms with Crippen LogP contribution in [0.15, 0.2) is 47.7 Å². The number of hydrogen-bond acceptors (Lipinski definition) is 0. The molecule has 0 aliphatic heterocycles. The topological polar surface area (TPSA) is 0 Å². The van der Waals surface area contributed by atoms with E-state index in [0.717, 1.165) is 0 Å². The second kappa shape index (κ2) is 7.37. The molecule has 0 aliphatic carbocycles. The standard InChI is InChI=1S/C17H26Si/c1-5-6-7-11-14-17(18(2,3)4)15-16-12-9-8-10-13-16/h8-15H,5-7H2,1-4H3/b14-11+,17-15-. The van der Waals surface area contributed by atoms with Crippen molar-refractivity contribution in [3.8, 4) is 0 Å². The summed E-state index contributed by atoms with van der Waals surface area (Å²) in [6, 6.07) is 10.6. The highest BCUT2D eigenvalue weighted by atomic mass is 28.3. The van der Waals surface area contributed by atoms with Gasteiger partial charge in [-0.2, -0.15) is 0 Å². The van der Waals surface area contributed by atoms with Crippen LogP contribution in [0.25, 0.3) is 6.08 Å². The SMILES string of the molecule is CCCC/C=C/C(=C/c1ccccc1)[Si](C)(C)C. The van der Waals surface area contributed by atoms with Crippen molar-refractivity contribution in [2.45, 2.75) is 45.8 Å². The Bertz CT molecular complexity index is 393. The smallest absolute Gasteiger partial charge is 0.0776 e. The molecule has 0 N–H and O–H groups in total. The second-order valence-corrected chi connectivity index (χ2v) is 10.9. The molecular formula is C17H26Si. The maximum Gasteiger partial charge on any atom is 0.0776 e. The molecule has 0 bridgehead atoms. The van der Waals surface area contributed by atoms with Gasteiger partial charge in [-0.25, -0.2) is 0 Å². The van der Waals surface area contributed by atoms with Gasteiger partial charge in [-0.1, -0.05) is 93.2 Å². The summed E-state index contributed by atoms with van der Waals surface area (Å²) in [5, 5.41) is 1.53. The lowest BCUT2D eigenvalue weighted by Gasteiger charge is -2.18. The summed E-state index contributed by atoms with van der Waals surface area (Å²) in [6.45, 7) is 9.47. The fourth-order valence-corrected chi connectivity index (χ4v) is 2.99. The molecule has 0 heterocycles. The van der Waals surface area contributed by atoms with E-state index in [9.17, 15) is 0 Å². The van der Waals surface area contributed by atoms with Crippen molar-refractivity contribution >= 4 is 14.1 Å². The average molecular weight is 258 g/mol. The van der Waals surface area contributed by atoms with Crippen molar-refractivity contribution in [3.05, 3.63) is 53.2 Å². The largest absolute Gasteiger partial charge is 0.0846 e. The van der Waals surface area contributed by atoms with E-state index in [1.54, 1.807) is 0 Å². The Kier molecular flexibility index (Phi) is 6.13. The molecule has 0 atom stereocenters. The summed E-state index contributed by atoms with van der Waals surface area (Å²) in [5.41, 5.74) is 1.31. The summed E-state index contributed by atoms with van der Waals surface area (Å²) in [7, 11) is -1.26.